The van der Waals surface area contributed by atoms with E-state index in [2.05, 4.69) is 169 Å². The molecule has 48 heavy (non-hydrogen) atoms. The molecule has 4 aromatic carbocycles. The molecule has 0 saturated carbocycles. The van der Waals surface area contributed by atoms with Crippen LogP contribution in [0.5, 0.6) is 0 Å². The largest absolute Gasteiger partial charge is 0.147 e. The van der Waals surface area contributed by atoms with Crippen LogP contribution in [0.1, 0.15) is 108 Å². The van der Waals surface area contributed by atoms with Gasteiger partial charge in [0.2, 0.25) is 0 Å². The Bertz CT molecular complexity index is 1960. The molecule has 2 unspecified atom stereocenters. The van der Waals surface area contributed by atoms with Gasteiger partial charge in [-0.3, -0.25) is 0 Å². The molecule has 0 aliphatic heterocycles. The monoisotopic (exact) mass is 772 g/mol. The minimum atomic E-state index is -3.70. The molecule has 2 aliphatic rings. The molecule has 6 rings (SSSR count). The van der Waals surface area contributed by atoms with E-state index in [1.807, 2.05) is 0 Å². The Kier molecular flexibility index (Phi) is 11.0. The normalized spacial score (nSPS) is 17.4. The topological polar surface area (TPSA) is 0 Å². The van der Waals surface area contributed by atoms with Crippen molar-refractivity contribution in [1.82, 2.24) is 0 Å². The van der Waals surface area contributed by atoms with Crippen molar-refractivity contribution in [2.24, 2.45) is 5.92 Å². The van der Waals surface area contributed by atoms with Crippen LogP contribution in [0.4, 0.5) is 0 Å². The summed E-state index contributed by atoms with van der Waals surface area (Å²) >= 11 is -3.70. The molecule has 254 valence electrons. The number of fused-ring (bicyclic) bond motifs is 2. The fourth-order valence-electron chi connectivity index (χ4n) is 8.90. The molecule has 0 amide bonds. The van der Waals surface area contributed by atoms with E-state index in [1.165, 1.54) is 50.1 Å². The number of hydrogen-bond donors (Lipinski definition) is 0. The first-order chi connectivity index (χ1) is 21.5. The average Bonchev–Trinajstić information content (AvgIpc) is 3.57. The van der Waals surface area contributed by atoms with Crippen LogP contribution in [0.25, 0.3) is 34.4 Å². The molecule has 0 radical (unpaired) electrons. The van der Waals surface area contributed by atoms with Gasteiger partial charge < -0.3 is 0 Å². The standard InChI is InChI=1S/C22H25.C20H21.2CH3.2ClH.H2Si.Zr/c1-15(2)18-13-17-7-6-8-20(21(17)14-18)16-9-11-19(12-10-16)22(3,4)5;1-13(2)16-6-8-17(9-7-16)18-10-5-15(4)19-11-14(3)12-20(18)19;;;;;;/h6-15H,1-5H3;5-13H,1-4H3;2*1H3;2*1H;1H2;. The third kappa shape index (κ3) is 6.62. The molecule has 0 N–H and O–H groups in total. The summed E-state index contributed by atoms with van der Waals surface area (Å²) in [5.74, 6) is 1.05. The molecule has 0 fully saturated rings. The van der Waals surface area contributed by atoms with Crippen LogP contribution in [0.15, 0.2) is 90.0 Å². The number of allylic oxidation sites excluding steroid dienone is 2. The molecular formula is C44H56Cl2SiZr. The van der Waals surface area contributed by atoms with Gasteiger partial charge in [0.1, 0.15) is 0 Å². The second-order valence-corrected chi connectivity index (χ2v) is 47.6. The Balaban J connectivity index is 0.00000260. The third-order valence-electron chi connectivity index (χ3n) is 11.2. The van der Waals surface area contributed by atoms with Crippen molar-refractivity contribution in [3.05, 3.63) is 129 Å². The van der Waals surface area contributed by atoms with Crippen molar-refractivity contribution >= 4 is 43.8 Å². The van der Waals surface area contributed by atoms with E-state index in [4.69, 9.17) is 0 Å². The average molecular weight is 775 g/mol. The quantitative estimate of drug-likeness (QED) is 0.171. The van der Waals surface area contributed by atoms with E-state index in [9.17, 15) is 0 Å². The first-order valence-corrected chi connectivity index (χ1v) is 31.1. The molecule has 4 heteroatoms. The number of aryl methyl sites for hydroxylation is 1. The Labute approximate surface area is 306 Å². The van der Waals surface area contributed by atoms with Crippen molar-refractivity contribution in [2.45, 2.75) is 90.2 Å². The van der Waals surface area contributed by atoms with Crippen LogP contribution in [-0.2, 0) is 22.8 Å². The summed E-state index contributed by atoms with van der Waals surface area (Å²) in [5.41, 5.74) is 19.2. The SMILES string of the molecule is CC1=Cc2c(-c3ccc(C(C)C)cc3)ccc(C)c2[CH]1[Zr]([CH3])([CH3])(=[SiH2])[CH]1C(C(C)C)=Cc2c(-c3ccc(C(C)(C)C)cc3)cccc21.Cl.Cl. The van der Waals surface area contributed by atoms with Gasteiger partial charge in [-0.05, 0) is 0 Å². The predicted octanol–water partition coefficient (Wildman–Crippen LogP) is 13.2. The fourth-order valence-corrected chi connectivity index (χ4v) is 29.5. The van der Waals surface area contributed by atoms with E-state index in [-0.39, 0.29) is 30.2 Å². The van der Waals surface area contributed by atoms with Gasteiger partial charge in [0, 0.05) is 0 Å². The molecule has 0 aromatic heterocycles. The van der Waals surface area contributed by atoms with Crippen molar-refractivity contribution in [2.75, 3.05) is 0 Å². The molecule has 4 aromatic rings. The van der Waals surface area contributed by atoms with Gasteiger partial charge >= 0.3 is 284 Å². The van der Waals surface area contributed by atoms with Gasteiger partial charge in [-0.25, -0.2) is 0 Å². The number of halogens is 2. The zero-order valence-corrected chi connectivity index (χ0v) is 36.5. The van der Waals surface area contributed by atoms with E-state index >= 15 is 0 Å². The summed E-state index contributed by atoms with van der Waals surface area (Å²) in [6.07, 6.45) is 5.18. The number of hydrogen-bond acceptors (Lipinski definition) is 0. The summed E-state index contributed by atoms with van der Waals surface area (Å²) in [6.45, 7) is 23.6. The van der Waals surface area contributed by atoms with Crippen LogP contribution in [-0.4, -0.2) is 6.88 Å². The minimum Gasteiger partial charge on any atom is -0.147 e. The number of rotatable bonds is 6. The maximum atomic E-state index is 2.78. The molecule has 0 saturated heterocycles. The minimum absolute atomic E-state index is 0. The summed E-state index contributed by atoms with van der Waals surface area (Å²) in [5, 5.41) is 0. The molecular weight excluding hydrogens is 719 g/mol. The Morgan fingerprint density at radius 2 is 1.21 bits per heavy atom. The van der Waals surface area contributed by atoms with Gasteiger partial charge in [-0.2, -0.15) is 0 Å². The van der Waals surface area contributed by atoms with E-state index < -0.39 is 17.4 Å². The predicted molar refractivity (Wildman–Crippen MR) is 218 cm³/mol. The first kappa shape index (κ1) is 38.8. The Morgan fingerprint density at radius 1 is 0.646 bits per heavy atom. The maximum Gasteiger partial charge on any atom is -0.147 e. The maximum absolute atomic E-state index is 3.70. The summed E-state index contributed by atoms with van der Waals surface area (Å²) in [7, 11) is 0. The first-order valence-electron chi connectivity index (χ1n) is 17.4. The van der Waals surface area contributed by atoms with Gasteiger partial charge in [0.15, 0.2) is 0 Å². The van der Waals surface area contributed by atoms with Crippen LogP contribution in [0.3, 0.4) is 0 Å². The molecule has 0 heterocycles. The molecule has 2 aliphatic carbocycles. The zero-order valence-electron chi connectivity index (χ0n) is 31.0. The smallest absolute Gasteiger partial charge is 0.147 e. The Hall–Kier alpha value is -1.96. The molecule has 0 nitrogen and oxygen atoms in total. The van der Waals surface area contributed by atoms with Crippen LogP contribution in [0, 0.1) is 12.8 Å². The third-order valence-corrected chi connectivity index (χ3v) is 28.8. The van der Waals surface area contributed by atoms with Crippen LogP contribution < -0.4 is 0 Å². The van der Waals surface area contributed by atoms with E-state index in [0.29, 0.717) is 19.1 Å². The van der Waals surface area contributed by atoms with Crippen molar-refractivity contribution in [3.8, 4) is 22.3 Å². The molecule has 0 spiro atoms. The summed E-state index contributed by atoms with van der Waals surface area (Å²) < 4.78 is 6.58. The van der Waals surface area contributed by atoms with Gasteiger partial charge in [0.25, 0.3) is 0 Å². The van der Waals surface area contributed by atoms with Crippen molar-refractivity contribution in [3.63, 3.8) is 0 Å². The second kappa shape index (κ2) is 13.6. The van der Waals surface area contributed by atoms with E-state index in [0.717, 1.165) is 0 Å². The zero-order chi connectivity index (χ0) is 33.4. The van der Waals surface area contributed by atoms with Gasteiger partial charge in [-0.15, -0.1) is 24.8 Å². The van der Waals surface area contributed by atoms with E-state index in [1.54, 1.807) is 22.3 Å². The molecule has 0 bridgehead atoms. The molecule has 2 atom stereocenters. The summed E-state index contributed by atoms with van der Waals surface area (Å²) in [4.78, 5) is 0. The van der Waals surface area contributed by atoms with Gasteiger partial charge in [-0.1, -0.05) is 0 Å². The fraction of sp³-hybridized carbons (Fsp3) is 0.364. The summed E-state index contributed by atoms with van der Waals surface area (Å²) in [6, 6.07) is 30.6. The van der Waals surface area contributed by atoms with Gasteiger partial charge in [0.05, 0.1) is 0 Å². The van der Waals surface area contributed by atoms with Crippen molar-refractivity contribution in [1.29, 1.82) is 0 Å². The van der Waals surface area contributed by atoms with Crippen LogP contribution >= 0.6 is 24.8 Å². The second-order valence-electron chi connectivity index (χ2n) is 17.2. The number of benzene rings is 4. The Morgan fingerprint density at radius 3 is 1.75 bits per heavy atom. The van der Waals surface area contributed by atoms with Crippen molar-refractivity contribution < 1.29 is 17.4 Å². The van der Waals surface area contributed by atoms with Crippen LogP contribution in [0.2, 0.25) is 9.26 Å².